The van der Waals surface area contributed by atoms with Crippen LogP contribution in [0.3, 0.4) is 0 Å². The van der Waals surface area contributed by atoms with Crippen LogP contribution in [0.2, 0.25) is 0 Å². The van der Waals surface area contributed by atoms with Crippen LogP contribution in [0.25, 0.3) is 0 Å². The first-order valence-corrected chi connectivity index (χ1v) is 4.79. The predicted molar refractivity (Wildman–Crippen MR) is 51.5 cm³/mol. The molecule has 0 saturated carbocycles. The molecule has 0 aliphatic carbocycles. The standard InChI is InChI=1S/C10H22N/c1-4-6-7-10(5-2)8-9-11-3/h10-11H,2,4-9H2,1,3H3. The van der Waals surface area contributed by atoms with Crippen molar-refractivity contribution < 1.29 is 0 Å². The van der Waals surface area contributed by atoms with Gasteiger partial charge in [-0.2, -0.15) is 0 Å². The van der Waals surface area contributed by atoms with Crippen LogP contribution in [0.15, 0.2) is 0 Å². The van der Waals surface area contributed by atoms with E-state index in [9.17, 15) is 0 Å². The molecule has 1 unspecified atom stereocenters. The number of unbranched alkanes of at least 4 members (excludes halogenated alkanes) is 1. The van der Waals surface area contributed by atoms with Crippen LogP contribution in [0.4, 0.5) is 0 Å². The molecule has 1 heteroatoms. The average molecular weight is 156 g/mol. The van der Waals surface area contributed by atoms with Gasteiger partial charge in [-0.25, -0.2) is 0 Å². The Labute approximate surface area is 71.6 Å². The summed E-state index contributed by atoms with van der Waals surface area (Å²) in [4.78, 5) is 0. The molecule has 1 nitrogen and oxygen atoms in total. The monoisotopic (exact) mass is 156 g/mol. The van der Waals surface area contributed by atoms with Crippen LogP contribution in [-0.4, -0.2) is 13.6 Å². The number of hydrogen-bond acceptors (Lipinski definition) is 1. The van der Waals surface area contributed by atoms with E-state index >= 15 is 0 Å². The molecule has 1 radical (unpaired) electrons. The van der Waals surface area contributed by atoms with Gasteiger partial charge in [0.15, 0.2) is 0 Å². The van der Waals surface area contributed by atoms with Crippen molar-refractivity contribution in [1.82, 2.24) is 5.32 Å². The van der Waals surface area contributed by atoms with E-state index in [2.05, 4.69) is 19.2 Å². The van der Waals surface area contributed by atoms with Crippen molar-refractivity contribution in [3.63, 3.8) is 0 Å². The lowest BCUT2D eigenvalue weighted by Crippen LogP contribution is -2.12. The number of hydrogen-bond donors (Lipinski definition) is 1. The Hall–Kier alpha value is -0.0400. The van der Waals surface area contributed by atoms with Gasteiger partial charge < -0.3 is 5.32 Å². The molecule has 1 atom stereocenters. The van der Waals surface area contributed by atoms with E-state index in [-0.39, 0.29) is 0 Å². The van der Waals surface area contributed by atoms with E-state index in [1.807, 2.05) is 7.05 Å². The lowest BCUT2D eigenvalue weighted by atomic mass is 9.96. The van der Waals surface area contributed by atoms with E-state index in [1.165, 1.54) is 25.7 Å². The topological polar surface area (TPSA) is 12.0 Å². The second-order valence-electron chi connectivity index (χ2n) is 3.19. The molecule has 0 fully saturated rings. The van der Waals surface area contributed by atoms with Crippen molar-refractivity contribution in [2.75, 3.05) is 13.6 Å². The zero-order valence-electron chi connectivity index (χ0n) is 8.03. The van der Waals surface area contributed by atoms with Gasteiger partial charge in [-0.05, 0) is 25.9 Å². The summed E-state index contributed by atoms with van der Waals surface area (Å²) in [5.74, 6) is 0.849. The molecular formula is C10H22N. The first-order valence-electron chi connectivity index (χ1n) is 4.79. The summed E-state index contributed by atoms with van der Waals surface area (Å²) >= 11 is 0. The van der Waals surface area contributed by atoms with Crippen LogP contribution >= 0.6 is 0 Å². The van der Waals surface area contributed by atoms with Crippen LogP contribution in [-0.2, 0) is 0 Å². The van der Waals surface area contributed by atoms with Gasteiger partial charge >= 0.3 is 0 Å². The molecule has 11 heavy (non-hydrogen) atoms. The van der Waals surface area contributed by atoms with E-state index in [1.54, 1.807) is 0 Å². The minimum atomic E-state index is 0.849. The molecule has 67 valence electrons. The third-order valence-corrected chi connectivity index (χ3v) is 2.18. The second-order valence-corrected chi connectivity index (χ2v) is 3.19. The average Bonchev–Trinajstić information content (AvgIpc) is 2.05. The summed E-state index contributed by atoms with van der Waals surface area (Å²) in [6.45, 7) is 7.36. The zero-order valence-corrected chi connectivity index (χ0v) is 8.03. The number of rotatable bonds is 7. The zero-order chi connectivity index (χ0) is 8.53. The maximum absolute atomic E-state index is 3.96. The van der Waals surface area contributed by atoms with Gasteiger partial charge in [0.25, 0.3) is 0 Å². The largest absolute Gasteiger partial charge is 0.320 e. The number of nitrogens with one attached hydrogen (secondary N) is 1. The van der Waals surface area contributed by atoms with Crippen molar-refractivity contribution in [2.24, 2.45) is 5.92 Å². The lowest BCUT2D eigenvalue weighted by Gasteiger charge is -2.13. The molecule has 0 aliphatic heterocycles. The van der Waals surface area contributed by atoms with Crippen molar-refractivity contribution in [3.05, 3.63) is 6.92 Å². The highest BCUT2D eigenvalue weighted by atomic mass is 14.8. The Morgan fingerprint density at radius 1 is 1.36 bits per heavy atom. The molecule has 0 heterocycles. The maximum Gasteiger partial charge on any atom is -0.00493 e. The summed E-state index contributed by atoms with van der Waals surface area (Å²) in [6, 6.07) is 0. The predicted octanol–water partition coefficient (Wildman–Crippen LogP) is 2.63. The molecule has 0 spiro atoms. The highest BCUT2D eigenvalue weighted by molar-refractivity contribution is 4.61. The van der Waals surface area contributed by atoms with Gasteiger partial charge in [0, 0.05) is 0 Å². The van der Waals surface area contributed by atoms with E-state index < -0.39 is 0 Å². The van der Waals surface area contributed by atoms with Crippen molar-refractivity contribution in [2.45, 2.75) is 39.0 Å². The Bertz CT molecular complexity index is 63.3. The minimum absolute atomic E-state index is 0.849. The van der Waals surface area contributed by atoms with Gasteiger partial charge in [-0.15, -0.1) is 0 Å². The van der Waals surface area contributed by atoms with Gasteiger partial charge in [-0.3, -0.25) is 0 Å². The summed E-state index contributed by atoms with van der Waals surface area (Å²) < 4.78 is 0. The normalized spacial score (nSPS) is 13.4. The van der Waals surface area contributed by atoms with E-state index in [0.29, 0.717) is 0 Å². The molecule has 0 bridgehead atoms. The molecule has 0 aromatic carbocycles. The molecule has 0 aromatic heterocycles. The summed E-state index contributed by atoms with van der Waals surface area (Å²) in [7, 11) is 2.01. The third-order valence-electron chi connectivity index (χ3n) is 2.18. The Kier molecular flexibility index (Phi) is 8.03. The fourth-order valence-electron chi connectivity index (χ4n) is 1.27. The fourth-order valence-corrected chi connectivity index (χ4v) is 1.27. The molecular weight excluding hydrogens is 134 g/mol. The second kappa shape index (κ2) is 8.06. The van der Waals surface area contributed by atoms with Crippen LogP contribution in [0.5, 0.6) is 0 Å². The van der Waals surface area contributed by atoms with Crippen LogP contribution in [0.1, 0.15) is 39.0 Å². The quantitative estimate of drug-likeness (QED) is 0.597. The summed E-state index contributed by atoms with van der Waals surface area (Å²) in [5.41, 5.74) is 0. The SMILES string of the molecule is [CH2]CC(CCCC)CCNC. The highest BCUT2D eigenvalue weighted by Gasteiger charge is 2.03. The molecule has 0 saturated heterocycles. The molecule has 0 aromatic rings. The molecule has 0 amide bonds. The Morgan fingerprint density at radius 2 is 2.09 bits per heavy atom. The third kappa shape index (κ3) is 6.36. The van der Waals surface area contributed by atoms with Gasteiger partial charge in [0.1, 0.15) is 0 Å². The van der Waals surface area contributed by atoms with E-state index in [4.69, 9.17) is 0 Å². The van der Waals surface area contributed by atoms with Gasteiger partial charge in [-0.1, -0.05) is 39.5 Å². The first kappa shape index (κ1) is 11.0. The first-order chi connectivity index (χ1) is 5.35. The van der Waals surface area contributed by atoms with Gasteiger partial charge in [0.05, 0.1) is 0 Å². The van der Waals surface area contributed by atoms with Crippen LogP contribution < -0.4 is 5.32 Å². The minimum Gasteiger partial charge on any atom is -0.320 e. The Morgan fingerprint density at radius 3 is 2.55 bits per heavy atom. The van der Waals surface area contributed by atoms with Gasteiger partial charge in [0.2, 0.25) is 0 Å². The molecule has 1 N–H and O–H groups in total. The summed E-state index contributed by atoms with van der Waals surface area (Å²) in [6.07, 6.45) is 6.43. The summed E-state index contributed by atoms with van der Waals surface area (Å²) in [5, 5.41) is 3.18. The molecule has 0 rings (SSSR count). The maximum atomic E-state index is 3.96. The van der Waals surface area contributed by atoms with Crippen molar-refractivity contribution in [1.29, 1.82) is 0 Å². The van der Waals surface area contributed by atoms with Crippen molar-refractivity contribution in [3.8, 4) is 0 Å². The van der Waals surface area contributed by atoms with Crippen LogP contribution in [0, 0.1) is 12.8 Å². The molecule has 0 aliphatic rings. The lowest BCUT2D eigenvalue weighted by molar-refractivity contribution is 0.431. The highest BCUT2D eigenvalue weighted by Crippen LogP contribution is 2.15. The Balaban J connectivity index is 3.25. The smallest absolute Gasteiger partial charge is 0.00493 e. The fraction of sp³-hybridized carbons (Fsp3) is 0.900. The van der Waals surface area contributed by atoms with Crippen molar-refractivity contribution >= 4 is 0 Å². The van der Waals surface area contributed by atoms with E-state index in [0.717, 1.165) is 18.9 Å².